The molecule has 3 unspecified atom stereocenters. The van der Waals surface area contributed by atoms with Gasteiger partial charge >= 0.3 is 0 Å². The minimum atomic E-state index is -0.217. The van der Waals surface area contributed by atoms with Gasteiger partial charge in [0.05, 0.1) is 6.04 Å². The molecule has 0 spiro atoms. The van der Waals surface area contributed by atoms with Crippen LogP contribution in [0, 0.1) is 0 Å². The molecule has 1 heterocycles. The molecule has 0 saturated carbocycles. The Morgan fingerprint density at radius 3 is 2.67 bits per heavy atom. The molecule has 15 heavy (non-hydrogen) atoms. The summed E-state index contributed by atoms with van der Waals surface area (Å²) in [7, 11) is 1.96. The van der Waals surface area contributed by atoms with Crippen LogP contribution in [-0.4, -0.2) is 42.5 Å². The third-order valence-corrected chi connectivity index (χ3v) is 3.53. The van der Waals surface area contributed by atoms with Crippen LogP contribution in [-0.2, 0) is 4.79 Å². The van der Waals surface area contributed by atoms with Gasteiger partial charge in [-0.1, -0.05) is 6.42 Å². The number of hydrogen-bond donors (Lipinski definition) is 2. The van der Waals surface area contributed by atoms with E-state index in [0.29, 0.717) is 12.1 Å². The van der Waals surface area contributed by atoms with E-state index in [-0.39, 0.29) is 11.9 Å². The molecule has 1 saturated heterocycles. The van der Waals surface area contributed by atoms with Crippen molar-refractivity contribution in [1.82, 2.24) is 10.2 Å². The summed E-state index contributed by atoms with van der Waals surface area (Å²) in [5.74, 6) is -0.217. The zero-order valence-electron chi connectivity index (χ0n) is 9.99. The number of carbonyl (C=O) groups excluding carboxylic acids is 1. The highest BCUT2D eigenvalue weighted by Gasteiger charge is 2.31. The van der Waals surface area contributed by atoms with Crippen LogP contribution in [0.1, 0.15) is 33.1 Å². The van der Waals surface area contributed by atoms with Gasteiger partial charge in [0.1, 0.15) is 0 Å². The SMILES string of the molecule is CNC(C)C1CCCCN1C(C)C(N)=O. The molecule has 88 valence electrons. The summed E-state index contributed by atoms with van der Waals surface area (Å²) in [4.78, 5) is 13.5. The Kier molecular flexibility index (Phi) is 4.54. The van der Waals surface area contributed by atoms with Crippen molar-refractivity contribution in [2.75, 3.05) is 13.6 Å². The molecular weight excluding hydrogens is 190 g/mol. The van der Waals surface area contributed by atoms with Crippen molar-refractivity contribution in [3.05, 3.63) is 0 Å². The molecule has 1 rings (SSSR count). The number of nitrogens with one attached hydrogen (secondary N) is 1. The molecule has 4 nitrogen and oxygen atoms in total. The van der Waals surface area contributed by atoms with Crippen molar-refractivity contribution in [2.24, 2.45) is 5.73 Å². The van der Waals surface area contributed by atoms with Gasteiger partial charge in [-0.3, -0.25) is 9.69 Å². The van der Waals surface area contributed by atoms with Crippen molar-refractivity contribution in [3.63, 3.8) is 0 Å². The summed E-state index contributed by atoms with van der Waals surface area (Å²) in [5, 5.41) is 3.26. The fourth-order valence-electron chi connectivity index (χ4n) is 2.35. The third kappa shape index (κ3) is 2.92. The second-order valence-corrected chi connectivity index (χ2v) is 4.46. The Morgan fingerprint density at radius 2 is 2.13 bits per heavy atom. The van der Waals surface area contributed by atoms with Crippen LogP contribution in [0.4, 0.5) is 0 Å². The van der Waals surface area contributed by atoms with Gasteiger partial charge in [-0.2, -0.15) is 0 Å². The highest BCUT2D eigenvalue weighted by atomic mass is 16.1. The first-order valence-corrected chi connectivity index (χ1v) is 5.80. The van der Waals surface area contributed by atoms with E-state index in [2.05, 4.69) is 17.1 Å². The number of amides is 1. The van der Waals surface area contributed by atoms with Crippen molar-refractivity contribution < 1.29 is 4.79 Å². The Labute approximate surface area is 92.2 Å². The lowest BCUT2D eigenvalue weighted by atomic mass is 9.95. The van der Waals surface area contributed by atoms with Gasteiger partial charge in [-0.05, 0) is 40.3 Å². The Hall–Kier alpha value is -0.610. The number of hydrogen-bond acceptors (Lipinski definition) is 3. The van der Waals surface area contributed by atoms with Gasteiger partial charge in [-0.25, -0.2) is 0 Å². The Bertz CT molecular complexity index is 220. The van der Waals surface area contributed by atoms with Crippen LogP contribution < -0.4 is 11.1 Å². The molecule has 0 aromatic carbocycles. The molecule has 1 aliphatic rings. The van der Waals surface area contributed by atoms with Crippen molar-refractivity contribution >= 4 is 5.91 Å². The van der Waals surface area contributed by atoms with Crippen molar-refractivity contribution in [1.29, 1.82) is 0 Å². The van der Waals surface area contributed by atoms with E-state index < -0.39 is 0 Å². The number of nitrogens with two attached hydrogens (primary N) is 1. The monoisotopic (exact) mass is 213 g/mol. The van der Waals surface area contributed by atoms with E-state index in [1.165, 1.54) is 12.8 Å². The fourth-order valence-corrected chi connectivity index (χ4v) is 2.35. The quantitative estimate of drug-likeness (QED) is 0.707. The minimum absolute atomic E-state index is 0.147. The highest BCUT2D eigenvalue weighted by Crippen LogP contribution is 2.21. The van der Waals surface area contributed by atoms with E-state index in [1.807, 2.05) is 14.0 Å². The standard InChI is InChI=1S/C11H23N3O/c1-8(13-3)10-6-4-5-7-14(10)9(2)11(12)15/h8-10,13H,4-7H2,1-3H3,(H2,12,15). The summed E-state index contributed by atoms with van der Waals surface area (Å²) in [6.07, 6.45) is 3.57. The number of likely N-dealkylation sites (N-methyl/N-ethyl adjacent to an activating group) is 1. The lowest BCUT2D eigenvalue weighted by molar-refractivity contribution is -0.124. The molecule has 1 aliphatic heterocycles. The molecule has 0 aliphatic carbocycles. The van der Waals surface area contributed by atoms with Crippen molar-refractivity contribution in [2.45, 2.75) is 51.2 Å². The maximum Gasteiger partial charge on any atom is 0.234 e. The summed E-state index contributed by atoms with van der Waals surface area (Å²) in [5.41, 5.74) is 5.37. The van der Waals surface area contributed by atoms with E-state index in [9.17, 15) is 4.79 Å². The van der Waals surface area contributed by atoms with E-state index in [4.69, 9.17) is 5.73 Å². The number of piperidine rings is 1. The molecular formula is C11H23N3O. The predicted molar refractivity (Wildman–Crippen MR) is 61.5 cm³/mol. The van der Waals surface area contributed by atoms with Crippen LogP contribution in [0.5, 0.6) is 0 Å². The van der Waals surface area contributed by atoms with Gasteiger partial charge in [0.15, 0.2) is 0 Å². The molecule has 0 aromatic rings. The van der Waals surface area contributed by atoms with Crippen LogP contribution in [0.2, 0.25) is 0 Å². The topological polar surface area (TPSA) is 58.4 Å². The molecule has 0 aromatic heterocycles. The average molecular weight is 213 g/mol. The fraction of sp³-hybridized carbons (Fsp3) is 0.909. The number of rotatable bonds is 4. The summed E-state index contributed by atoms with van der Waals surface area (Å²) >= 11 is 0. The number of carbonyl (C=O) groups is 1. The number of primary amides is 1. The highest BCUT2D eigenvalue weighted by molar-refractivity contribution is 5.79. The third-order valence-electron chi connectivity index (χ3n) is 3.53. The minimum Gasteiger partial charge on any atom is -0.368 e. The van der Waals surface area contributed by atoms with E-state index in [0.717, 1.165) is 13.0 Å². The predicted octanol–water partition coefficient (Wildman–Crippen LogP) is 0.323. The average Bonchev–Trinajstić information content (AvgIpc) is 2.27. The second kappa shape index (κ2) is 5.47. The zero-order chi connectivity index (χ0) is 11.4. The molecule has 1 amide bonds. The van der Waals surface area contributed by atoms with Gasteiger partial charge in [0.25, 0.3) is 0 Å². The number of likely N-dealkylation sites (tertiary alicyclic amines) is 1. The van der Waals surface area contributed by atoms with Crippen LogP contribution in [0.3, 0.4) is 0 Å². The van der Waals surface area contributed by atoms with Crippen LogP contribution in [0.25, 0.3) is 0 Å². The second-order valence-electron chi connectivity index (χ2n) is 4.46. The van der Waals surface area contributed by atoms with Gasteiger partial charge in [-0.15, -0.1) is 0 Å². The lowest BCUT2D eigenvalue weighted by Gasteiger charge is -2.41. The normalized spacial score (nSPS) is 27.3. The van der Waals surface area contributed by atoms with Crippen LogP contribution >= 0.6 is 0 Å². The molecule has 1 fully saturated rings. The maximum atomic E-state index is 11.2. The summed E-state index contributed by atoms with van der Waals surface area (Å²) in [6.45, 7) is 5.06. The van der Waals surface area contributed by atoms with Gasteiger partial charge in [0.2, 0.25) is 5.91 Å². The van der Waals surface area contributed by atoms with E-state index >= 15 is 0 Å². The van der Waals surface area contributed by atoms with Crippen LogP contribution in [0.15, 0.2) is 0 Å². The largest absolute Gasteiger partial charge is 0.368 e. The maximum absolute atomic E-state index is 11.2. The molecule has 3 atom stereocenters. The summed E-state index contributed by atoms with van der Waals surface area (Å²) in [6, 6.07) is 0.699. The first-order valence-electron chi connectivity index (χ1n) is 5.80. The Balaban J connectivity index is 2.69. The molecule has 0 bridgehead atoms. The lowest BCUT2D eigenvalue weighted by Crippen LogP contribution is -2.56. The molecule has 3 N–H and O–H groups in total. The Morgan fingerprint density at radius 1 is 1.47 bits per heavy atom. The van der Waals surface area contributed by atoms with Crippen molar-refractivity contribution in [3.8, 4) is 0 Å². The first kappa shape index (κ1) is 12.5. The zero-order valence-corrected chi connectivity index (χ0v) is 9.99. The first-order chi connectivity index (χ1) is 7.07. The van der Waals surface area contributed by atoms with Gasteiger partial charge in [0, 0.05) is 12.1 Å². The number of nitrogens with zero attached hydrogens (tertiary/aromatic N) is 1. The molecule has 4 heteroatoms. The summed E-state index contributed by atoms with van der Waals surface area (Å²) < 4.78 is 0. The molecule has 0 radical (unpaired) electrons. The smallest absolute Gasteiger partial charge is 0.234 e. The van der Waals surface area contributed by atoms with Gasteiger partial charge < -0.3 is 11.1 Å². The van der Waals surface area contributed by atoms with E-state index in [1.54, 1.807) is 0 Å².